The number of aliphatic hydroxyl groups is 1. The fraction of sp³-hybridized carbons (Fsp3) is 0.211. The Kier molecular flexibility index (Phi) is 6.70. The van der Waals surface area contributed by atoms with Gasteiger partial charge in [0.1, 0.15) is 17.9 Å². The molecule has 2 atom stereocenters. The van der Waals surface area contributed by atoms with Gasteiger partial charge >= 0.3 is 0 Å². The first-order valence-corrected chi connectivity index (χ1v) is 8.57. The number of hydrazine groups is 1. The fourth-order valence-corrected chi connectivity index (χ4v) is 2.70. The van der Waals surface area contributed by atoms with Crippen LogP contribution in [0, 0.1) is 24.1 Å². The summed E-state index contributed by atoms with van der Waals surface area (Å²) in [4.78, 5) is 25.1. The Bertz CT molecular complexity index is 959. The van der Waals surface area contributed by atoms with Gasteiger partial charge in [0, 0.05) is 11.3 Å². The van der Waals surface area contributed by atoms with Gasteiger partial charge in [-0.15, -0.1) is 0 Å². The highest BCUT2D eigenvalue weighted by molar-refractivity contribution is 6.32. The number of nitrogens with two attached hydrogens (primary N) is 1. The molecule has 0 aromatic heterocycles. The number of nitrogens with zero attached hydrogens (tertiary/aromatic N) is 2. The molecule has 0 heterocycles. The molecule has 2 rings (SSSR count). The number of aliphatic hydroxyl groups excluding tert-OH is 1. The number of halogens is 2. The van der Waals surface area contributed by atoms with Crippen LogP contribution in [0.25, 0.3) is 0 Å². The fourth-order valence-electron chi connectivity index (χ4n) is 2.49. The molecule has 0 radical (unpaired) electrons. The van der Waals surface area contributed by atoms with Crippen LogP contribution < -0.4 is 11.2 Å². The van der Waals surface area contributed by atoms with Crippen LogP contribution in [0.3, 0.4) is 0 Å². The van der Waals surface area contributed by atoms with Crippen molar-refractivity contribution in [2.45, 2.75) is 26.0 Å². The molecule has 0 fully saturated rings. The second-order valence-electron chi connectivity index (χ2n) is 6.10. The van der Waals surface area contributed by atoms with E-state index in [9.17, 15) is 19.1 Å². The van der Waals surface area contributed by atoms with Crippen molar-refractivity contribution in [3.63, 3.8) is 0 Å². The minimum Gasteiger partial charge on any atom is -0.391 e. The Hall–Kier alpha value is -2.99. The standard InChI is InChI=1S/C19H18ClFN4O3/c1-10-15(7-6-13(9-22)16(10)20)24-17(11(2)26)19(28)25(23)18(27)12-4-3-5-14(21)8-12/h3-8,11,17,24,26H,23H2,1-2H3. The van der Waals surface area contributed by atoms with Crippen LogP contribution in [0.5, 0.6) is 0 Å². The average Bonchev–Trinajstić information content (AvgIpc) is 2.67. The van der Waals surface area contributed by atoms with Gasteiger partial charge in [-0.1, -0.05) is 17.7 Å². The van der Waals surface area contributed by atoms with Gasteiger partial charge in [-0.05, 0) is 49.7 Å². The summed E-state index contributed by atoms with van der Waals surface area (Å²) in [5.41, 5.74) is 1.01. The maximum absolute atomic E-state index is 13.3. The molecule has 0 bridgehead atoms. The lowest BCUT2D eigenvalue weighted by molar-refractivity contribution is -0.131. The summed E-state index contributed by atoms with van der Waals surface area (Å²) >= 11 is 6.11. The second kappa shape index (κ2) is 8.80. The maximum Gasteiger partial charge on any atom is 0.275 e. The topological polar surface area (TPSA) is 119 Å². The van der Waals surface area contributed by atoms with Crippen molar-refractivity contribution in [2.75, 3.05) is 5.32 Å². The molecule has 28 heavy (non-hydrogen) atoms. The lowest BCUT2D eigenvalue weighted by atomic mass is 10.1. The first kappa shape index (κ1) is 21.3. The monoisotopic (exact) mass is 404 g/mol. The third kappa shape index (κ3) is 4.46. The molecule has 9 heteroatoms. The van der Waals surface area contributed by atoms with Crippen molar-refractivity contribution < 1.29 is 19.1 Å². The number of benzene rings is 2. The van der Waals surface area contributed by atoms with E-state index in [1.807, 2.05) is 6.07 Å². The van der Waals surface area contributed by atoms with Crippen LogP contribution in [0.4, 0.5) is 10.1 Å². The van der Waals surface area contributed by atoms with Crippen molar-refractivity contribution in [1.82, 2.24) is 5.01 Å². The molecule has 4 N–H and O–H groups in total. The molecule has 2 aromatic rings. The van der Waals surface area contributed by atoms with Crippen LogP contribution in [-0.2, 0) is 4.79 Å². The van der Waals surface area contributed by atoms with Gasteiger partial charge in [0.2, 0.25) is 0 Å². The molecule has 0 aliphatic heterocycles. The smallest absolute Gasteiger partial charge is 0.275 e. The number of carbonyl (C=O) groups excluding carboxylic acids is 2. The Balaban J connectivity index is 2.29. The van der Waals surface area contributed by atoms with E-state index < -0.39 is 29.8 Å². The van der Waals surface area contributed by atoms with Crippen molar-refractivity contribution in [3.05, 3.63) is 63.9 Å². The highest BCUT2D eigenvalue weighted by Crippen LogP contribution is 2.28. The van der Waals surface area contributed by atoms with Gasteiger partial charge in [-0.25, -0.2) is 15.2 Å². The van der Waals surface area contributed by atoms with Gasteiger partial charge in [0.05, 0.1) is 16.7 Å². The van der Waals surface area contributed by atoms with Crippen molar-refractivity contribution >= 4 is 29.1 Å². The molecule has 0 saturated heterocycles. The average molecular weight is 405 g/mol. The minimum absolute atomic E-state index is 0.113. The van der Waals surface area contributed by atoms with E-state index in [2.05, 4.69) is 5.32 Å². The Labute approximate surface area is 166 Å². The van der Waals surface area contributed by atoms with E-state index in [0.717, 1.165) is 12.1 Å². The molecule has 0 spiro atoms. The molecular formula is C19H18ClFN4O3. The SMILES string of the molecule is Cc1c(NC(C(=O)N(N)C(=O)c2cccc(F)c2)C(C)O)ccc(C#N)c1Cl. The summed E-state index contributed by atoms with van der Waals surface area (Å²) in [6.07, 6.45) is -1.23. The number of amides is 2. The van der Waals surface area contributed by atoms with Crippen molar-refractivity contribution in [3.8, 4) is 6.07 Å². The van der Waals surface area contributed by atoms with Crippen LogP contribution >= 0.6 is 11.6 Å². The molecule has 0 aliphatic rings. The summed E-state index contributed by atoms with van der Waals surface area (Å²) in [6.45, 7) is 2.98. The highest BCUT2D eigenvalue weighted by atomic mass is 35.5. The molecule has 0 saturated carbocycles. The Morgan fingerprint density at radius 3 is 2.61 bits per heavy atom. The number of nitriles is 1. The van der Waals surface area contributed by atoms with Crippen LogP contribution in [0.1, 0.15) is 28.4 Å². The molecule has 7 nitrogen and oxygen atoms in total. The van der Waals surface area contributed by atoms with Crippen LogP contribution in [0.15, 0.2) is 36.4 Å². The van der Waals surface area contributed by atoms with E-state index in [1.165, 1.54) is 31.2 Å². The van der Waals surface area contributed by atoms with E-state index in [-0.39, 0.29) is 16.1 Å². The first-order valence-electron chi connectivity index (χ1n) is 8.19. The number of hydrogen-bond acceptors (Lipinski definition) is 6. The first-order chi connectivity index (χ1) is 13.2. The molecule has 2 amide bonds. The van der Waals surface area contributed by atoms with E-state index >= 15 is 0 Å². The molecule has 2 aromatic carbocycles. The van der Waals surface area contributed by atoms with Crippen LogP contribution in [0.2, 0.25) is 5.02 Å². The normalized spacial score (nSPS) is 12.6. The van der Waals surface area contributed by atoms with Gasteiger partial charge < -0.3 is 10.4 Å². The summed E-state index contributed by atoms with van der Waals surface area (Å²) in [7, 11) is 0. The number of carbonyl (C=O) groups is 2. The molecule has 2 unspecified atom stereocenters. The minimum atomic E-state index is -1.29. The molecule has 0 aliphatic carbocycles. The zero-order valence-corrected chi connectivity index (χ0v) is 15.9. The largest absolute Gasteiger partial charge is 0.391 e. The van der Waals surface area contributed by atoms with E-state index in [4.69, 9.17) is 22.7 Å². The van der Waals surface area contributed by atoms with Crippen molar-refractivity contribution in [1.29, 1.82) is 5.26 Å². The maximum atomic E-state index is 13.3. The summed E-state index contributed by atoms with van der Waals surface area (Å²) < 4.78 is 13.3. The third-order valence-electron chi connectivity index (χ3n) is 4.09. The Morgan fingerprint density at radius 2 is 2.04 bits per heavy atom. The van der Waals surface area contributed by atoms with Gasteiger partial charge in [0.25, 0.3) is 11.8 Å². The quantitative estimate of drug-likeness (QED) is 0.400. The summed E-state index contributed by atoms with van der Waals surface area (Å²) in [5, 5.41) is 22.4. The van der Waals surface area contributed by atoms with Gasteiger partial charge in [-0.3, -0.25) is 9.59 Å². The van der Waals surface area contributed by atoms with Gasteiger partial charge in [0.15, 0.2) is 0 Å². The van der Waals surface area contributed by atoms with Gasteiger partial charge in [-0.2, -0.15) is 5.26 Å². The number of anilines is 1. The predicted molar refractivity (Wildman–Crippen MR) is 102 cm³/mol. The van der Waals surface area contributed by atoms with E-state index in [0.29, 0.717) is 16.3 Å². The number of rotatable bonds is 5. The van der Waals surface area contributed by atoms with Crippen LogP contribution in [-0.4, -0.2) is 34.1 Å². The summed E-state index contributed by atoms with van der Waals surface area (Å²) in [6, 6.07) is 8.36. The van der Waals surface area contributed by atoms with Crippen molar-refractivity contribution in [2.24, 2.45) is 5.84 Å². The summed E-state index contributed by atoms with van der Waals surface area (Å²) in [5.74, 6) is 3.14. The van der Waals surface area contributed by atoms with E-state index in [1.54, 1.807) is 6.92 Å². The molecular weight excluding hydrogens is 387 g/mol. The Morgan fingerprint density at radius 1 is 1.36 bits per heavy atom. The third-order valence-corrected chi connectivity index (χ3v) is 4.58. The second-order valence-corrected chi connectivity index (χ2v) is 6.48. The lowest BCUT2D eigenvalue weighted by Gasteiger charge is -2.26. The predicted octanol–water partition coefficient (Wildman–Crippen LogP) is 2.36. The number of imide groups is 1. The lowest BCUT2D eigenvalue weighted by Crippen LogP contribution is -2.53. The number of nitrogens with one attached hydrogen (secondary N) is 1. The zero-order valence-electron chi connectivity index (χ0n) is 15.1. The zero-order chi connectivity index (χ0) is 21.0. The molecule has 146 valence electrons. The highest BCUT2D eigenvalue weighted by Gasteiger charge is 2.31. The number of hydrogen-bond donors (Lipinski definition) is 3.